The number of rotatable bonds is 29. The Bertz CT molecular complexity index is 4450. The highest BCUT2D eigenvalue weighted by Gasteiger charge is 2.30. The van der Waals surface area contributed by atoms with Gasteiger partial charge in [-0.3, -0.25) is 43.7 Å². The number of hydrogen-bond donors (Lipinski definition) is 3. The van der Waals surface area contributed by atoms with E-state index in [-0.39, 0.29) is 58.2 Å². The minimum absolute atomic E-state index is 0.0884. The predicted octanol–water partition coefficient (Wildman–Crippen LogP) is 18.7. The smallest absolute Gasteiger partial charge is 0.223 e. The van der Waals surface area contributed by atoms with Gasteiger partial charge in [-0.05, 0) is 183 Å². The van der Waals surface area contributed by atoms with E-state index >= 15 is 0 Å². The molecule has 0 aliphatic carbocycles. The quantitative estimate of drug-likeness (QED) is 0.0298. The number of nitrogens with zero attached hydrogens (tertiary/aromatic N) is 6. The molecule has 3 N–H and O–H groups in total. The van der Waals surface area contributed by atoms with Crippen LogP contribution in [0.4, 0.5) is 17.1 Å². The maximum Gasteiger partial charge on any atom is 0.223 e. The summed E-state index contributed by atoms with van der Waals surface area (Å²) in [5.74, 6) is 1.63. The van der Waals surface area contributed by atoms with Crippen molar-refractivity contribution in [3.05, 3.63) is 214 Å². The third kappa shape index (κ3) is 22.5. The second-order valence-corrected chi connectivity index (χ2v) is 31.6. The summed E-state index contributed by atoms with van der Waals surface area (Å²) in [5, 5.41) is 12.4. The molecule has 12 rings (SSSR count). The van der Waals surface area contributed by atoms with Crippen LogP contribution in [0.3, 0.4) is 0 Å². The summed E-state index contributed by atoms with van der Waals surface area (Å²) < 4.78 is 0. The molecular formula is C93H117N9O6. The normalized spacial score (nSPS) is 14.4. The summed E-state index contributed by atoms with van der Waals surface area (Å²) in [5.41, 5.74) is 15.0. The highest BCUT2D eigenvalue weighted by molar-refractivity contribution is 6.04. The lowest BCUT2D eigenvalue weighted by atomic mass is 9.85. The van der Waals surface area contributed by atoms with Crippen LogP contribution in [-0.2, 0) is 33.6 Å². The topological polar surface area (TPSA) is 187 Å². The van der Waals surface area contributed by atoms with Crippen LogP contribution in [0.15, 0.2) is 164 Å². The standard InChI is InChI=1S/C32H41N3O2.C31H39N3O2.C30H37N3O2/c1-5-6-16-33-31(37)24-14-17-35(18-15-24)25-12-13-29-27(20-25)26(19-23-10-8-7-9-11-23)28(22-34-29)30(36)21-32(2,3)4;1-4-5-15-32-31(36)24-13-16-34(17-14-24)25-11-12-29-27(20-25)26(19-23-9-7-6-8-10-23)28(21-33-29)30(35)18-22(2)3;1-3-5-16-31-30(35)23-14-17-33(18-15-23)24-12-13-28-26(20-24)25(19-22-10-7-6-8-11-22)27(21-32-28)29(34)9-4-2/h7-13,20,22,24H,5-6,14-19,21H2,1-4H3,(H,33,37);6-12,20-22,24H,4-5,13-19H2,1-3H3,(H,32,36);6-8,10-13,20-21,23H,3-5,9,14-19H2,1-2H3,(H,31,35). The van der Waals surface area contributed by atoms with Crippen LogP contribution in [0.1, 0.15) is 230 Å². The zero-order valence-corrected chi connectivity index (χ0v) is 65.8. The fourth-order valence-corrected chi connectivity index (χ4v) is 15.2. The molecule has 15 heteroatoms. The molecule has 0 bridgehead atoms. The zero-order chi connectivity index (χ0) is 76.5. The summed E-state index contributed by atoms with van der Waals surface area (Å²) in [6.07, 6.45) is 21.3. The molecule has 6 heterocycles. The number of fused-ring (bicyclic) bond motifs is 3. The highest BCUT2D eigenvalue weighted by atomic mass is 16.2. The van der Waals surface area contributed by atoms with Crippen LogP contribution < -0.4 is 30.7 Å². The molecule has 9 aromatic rings. The van der Waals surface area contributed by atoms with Gasteiger partial charge in [-0.25, -0.2) is 0 Å². The Morgan fingerprint density at radius 3 is 1.00 bits per heavy atom. The van der Waals surface area contributed by atoms with Crippen molar-refractivity contribution in [2.75, 3.05) is 73.6 Å². The number of aromatic nitrogens is 3. The number of piperidine rings is 3. The zero-order valence-electron chi connectivity index (χ0n) is 65.8. The van der Waals surface area contributed by atoms with Crippen molar-refractivity contribution in [2.45, 2.75) is 184 Å². The molecule has 3 saturated heterocycles. The van der Waals surface area contributed by atoms with Crippen molar-refractivity contribution in [2.24, 2.45) is 29.1 Å². The van der Waals surface area contributed by atoms with Gasteiger partial charge in [0.1, 0.15) is 0 Å². The molecule has 3 aliphatic rings. The van der Waals surface area contributed by atoms with Gasteiger partial charge in [-0.2, -0.15) is 0 Å². The number of unbranched alkanes of at least 4 members (excludes halogenated alkanes) is 3. The molecule has 570 valence electrons. The lowest BCUT2D eigenvalue weighted by Gasteiger charge is -2.33. The Morgan fingerprint density at radius 1 is 0.407 bits per heavy atom. The van der Waals surface area contributed by atoms with E-state index in [0.717, 1.165) is 226 Å². The van der Waals surface area contributed by atoms with E-state index < -0.39 is 0 Å². The minimum Gasteiger partial charge on any atom is -0.371 e. The molecule has 0 saturated carbocycles. The van der Waals surface area contributed by atoms with Crippen molar-refractivity contribution < 1.29 is 28.8 Å². The first-order chi connectivity index (χ1) is 52.3. The Labute approximate surface area is 642 Å². The molecule has 108 heavy (non-hydrogen) atoms. The summed E-state index contributed by atoms with van der Waals surface area (Å²) in [7, 11) is 0. The summed E-state index contributed by atoms with van der Waals surface area (Å²) in [6.45, 7) is 26.3. The largest absolute Gasteiger partial charge is 0.371 e. The van der Waals surface area contributed by atoms with Crippen LogP contribution >= 0.6 is 0 Å². The van der Waals surface area contributed by atoms with E-state index in [1.165, 1.54) is 16.7 Å². The van der Waals surface area contributed by atoms with Crippen molar-refractivity contribution >= 4 is 84.8 Å². The van der Waals surface area contributed by atoms with Crippen LogP contribution in [0.2, 0.25) is 0 Å². The maximum atomic E-state index is 13.4. The average molecular weight is 1460 g/mol. The maximum absolute atomic E-state index is 13.4. The number of carbonyl (C=O) groups is 6. The SMILES string of the molecule is CCCCNC(=O)C1CCN(c2ccc3ncc(C(=O)CC(C)(C)C)c(Cc4ccccc4)c3c2)CC1.CCCCNC(=O)C1CCN(c2ccc3ncc(C(=O)CC(C)C)c(Cc4ccccc4)c3c2)CC1.CCCCNC(=O)C1CCN(c2ccc3ncc(C(=O)CCC)c(Cc4ccccc4)c3c2)CC1. The molecule has 3 aliphatic heterocycles. The number of Topliss-reactive ketones (excluding diaryl/α,β-unsaturated/α-hetero) is 3. The number of carbonyl (C=O) groups excluding carboxylic acids is 6. The van der Waals surface area contributed by atoms with Crippen molar-refractivity contribution in [3.63, 3.8) is 0 Å². The second-order valence-electron chi connectivity index (χ2n) is 31.6. The average Bonchev–Trinajstić information content (AvgIpc) is 0.788. The van der Waals surface area contributed by atoms with Gasteiger partial charge in [0.2, 0.25) is 17.7 Å². The van der Waals surface area contributed by atoms with Gasteiger partial charge in [-0.1, -0.05) is 173 Å². The number of anilines is 3. The Kier molecular flexibility index (Phi) is 30.0. The first-order valence-electron chi connectivity index (χ1n) is 40.4. The van der Waals surface area contributed by atoms with E-state index in [4.69, 9.17) is 4.98 Å². The molecule has 0 unspecified atom stereocenters. The van der Waals surface area contributed by atoms with Crippen molar-refractivity contribution in [1.82, 2.24) is 30.9 Å². The first-order valence-corrected chi connectivity index (χ1v) is 40.4. The van der Waals surface area contributed by atoms with Gasteiger partial charge in [0.05, 0.1) is 16.6 Å². The highest BCUT2D eigenvalue weighted by Crippen LogP contribution is 2.36. The van der Waals surface area contributed by atoms with E-state index in [1.807, 2.05) is 61.5 Å². The van der Waals surface area contributed by atoms with Crippen molar-refractivity contribution in [3.8, 4) is 0 Å². The Balaban J connectivity index is 0.000000173. The summed E-state index contributed by atoms with van der Waals surface area (Å²) >= 11 is 0. The fourth-order valence-electron chi connectivity index (χ4n) is 15.2. The number of pyridine rings is 3. The summed E-state index contributed by atoms with van der Waals surface area (Å²) in [6, 6.07) is 50.2. The number of benzene rings is 6. The fraction of sp³-hybridized carbons (Fsp3) is 0.452. The lowest BCUT2D eigenvalue weighted by Crippen LogP contribution is -2.40. The third-order valence-corrected chi connectivity index (χ3v) is 21.4. The Morgan fingerprint density at radius 2 is 0.713 bits per heavy atom. The summed E-state index contributed by atoms with van der Waals surface area (Å²) in [4.78, 5) is 98.3. The molecule has 0 atom stereocenters. The van der Waals surface area contributed by atoms with Gasteiger partial charge in [0.15, 0.2) is 17.3 Å². The first kappa shape index (κ1) is 80.9. The predicted molar refractivity (Wildman–Crippen MR) is 443 cm³/mol. The van der Waals surface area contributed by atoms with Crippen LogP contribution in [0.25, 0.3) is 32.7 Å². The van der Waals surface area contributed by atoms with E-state index in [2.05, 4.69) is 187 Å². The molecular weight excluding hydrogens is 1340 g/mol. The van der Waals surface area contributed by atoms with E-state index in [1.54, 1.807) is 18.6 Å². The third-order valence-electron chi connectivity index (χ3n) is 21.4. The number of hydrogen-bond acceptors (Lipinski definition) is 12. The van der Waals surface area contributed by atoms with Gasteiger partial charge in [-0.15, -0.1) is 0 Å². The molecule has 3 fully saturated rings. The number of nitrogens with one attached hydrogen (secondary N) is 3. The molecule has 3 amide bonds. The van der Waals surface area contributed by atoms with Crippen LogP contribution in [-0.4, -0.2) is 109 Å². The molecule has 3 aromatic heterocycles. The number of ketones is 3. The van der Waals surface area contributed by atoms with Crippen LogP contribution in [0, 0.1) is 29.1 Å². The van der Waals surface area contributed by atoms with Crippen molar-refractivity contribution in [1.29, 1.82) is 0 Å². The molecule has 0 radical (unpaired) electrons. The van der Waals surface area contributed by atoms with Gasteiger partial charge in [0, 0.05) is 164 Å². The molecule has 0 spiro atoms. The minimum atomic E-state index is -0.0922. The second kappa shape index (κ2) is 40.0. The van der Waals surface area contributed by atoms with Gasteiger partial charge in [0.25, 0.3) is 0 Å². The number of amides is 3. The monoisotopic (exact) mass is 1460 g/mol. The molecule has 6 aromatic carbocycles. The van der Waals surface area contributed by atoms with Gasteiger partial charge < -0.3 is 30.7 Å². The van der Waals surface area contributed by atoms with Gasteiger partial charge >= 0.3 is 0 Å². The van der Waals surface area contributed by atoms with E-state index in [9.17, 15) is 28.8 Å². The van der Waals surface area contributed by atoms with Crippen LogP contribution in [0.5, 0.6) is 0 Å². The molecule has 15 nitrogen and oxygen atoms in total. The Hall–Kier alpha value is -9.63. The van der Waals surface area contributed by atoms with E-state index in [0.29, 0.717) is 44.4 Å². The lowest BCUT2D eigenvalue weighted by molar-refractivity contribution is -0.126.